The van der Waals surface area contributed by atoms with Crippen LogP contribution in [0, 0.1) is 12.8 Å². The highest BCUT2D eigenvalue weighted by Gasteiger charge is 2.19. The fourth-order valence-electron chi connectivity index (χ4n) is 3.14. The predicted molar refractivity (Wildman–Crippen MR) is 106 cm³/mol. The second-order valence-electron chi connectivity index (χ2n) is 6.87. The number of rotatable bonds is 7. The molecule has 1 saturated heterocycles. The minimum Gasteiger partial charge on any atom is -0.352 e. The number of hydrogen-bond donors (Lipinski definition) is 3. The molecule has 2 aromatic rings. The van der Waals surface area contributed by atoms with Crippen LogP contribution < -0.4 is 15.4 Å². The lowest BCUT2D eigenvalue weighted by molar-refractivity contribution is 0.0952. The Balaban J connectivity index is 1.69. The van der Waals surface area contributed by atoms with Gasteiger partial charge in [-0.15, -0.1) is 0 Å². The minimum atomic E-state index is -3.76. The van der Waals surface area contributed by atoms with Crippen LogP contribution in [-0.4, -0.2) is 34.0 Å². The summed E-state index contributed by atoms with van der Waals surface area (Å²) in [4.78, 5) is 12.7. The average Bonchev–Trinajstić information content (AvgIpc) is 3.15. The molecule has 1 unspecified atom stereocenters. The quantitative estimate of drug-likeness (QED) is 0.681. The Kier molecular flexibility index (Phi) is 6.13. The molecule has 3 N–H and O–H groups in total. The van der Waals surface area contributed by atoms with Crippen molar-refractivity contribution in [3.8, 4) is 0 Å². The molecule has 0 bridgehead atoms. The average molecular weight is 388 g/mol. The number of hydrogen-bond acceptors (Lipinski definition) is 4. The third kappa shape index (κ3) is 5.08. The van der Waals surface area contributed by atoms with Crippen LogP contribution in [0.3, 0.4) is 0 Å². The zero-order chi connectivity index (χ0) is 19.3. The van der Waals surface area contributed by atoms with Crippen molar-refractivity contribution in [2.24, 2.45) is 5.92 Å². The second kappa shape index (κ2) is 8.54. The molecule has 1 atom stereocenters. The molecular weight excluding hydrogens is 362 g/mol. The van der Waals surface area contributed by atoms with E-state index in [1.807, 2.05) is 6.92 Å². The Morgan fingerprint density at radius 1 is 1.15 bits per heavy atom. The highest BCUT2D eigenvalue weighted by molar-refractivity contribution is 7.92. The van der Waals surface area contributed by atoms with Crippen LogP contribution in [0.15, 0.2) is 53.4 Å². The number of benzene rings is 2. The summed E-state index contributed by atoms with van der Waals surface area (Å²) in [5.74, 6) is 0.309. The Bertz CT molecular complexity index is 889. The van der Waals surface area contributed by atoms with Crippen LogP contribution >= 0.6 is 0 Å². The van der Waals surface area contributed by atoms with Gasteiger partial charge in [-0.25, -0.2) is 8.42 Å². The smallest absolute Gasteiger partial charge is 0.261 e. The first kappa shape index (κ1) is 19.4. The van der Waals surface area contributed by atoms with Gasteiger partial charge in [0.15, 0.2) is 0 Å². The zero-order valence-electron chi connectivity index (χ0n) is 15.4. The summed E-state index contributed by atoms with van der Waals surface area (Å²) in [6, 6.07) is 13.2. The first-order chi connectivity index (χ1) is 13.0. The number of aryl methyl sites for hydroxylation is 1. The lowest BCUT2D eigenvalue weighted by atomic mass is 10.1. The number of sulfonamides is 1. The number of anilines is 1. The molecule has 1 aliphatic rings. The lowest BCUT2D eigenvalue weighted by Gasteiger charge is -2.14. The molecule has 3 rings (SSSR count). The van der Waals surface area contributed by atoms with Gasteiger partial charge in [0.25, 0.3) is 15.9 Å². The monoisotopic (exact) mass is 387 g/mol. The number of carbonyl (C=O) groups excluding carboxylic acids is 1. The van der Waals surface area contributed by atoms with Crippen molar-refractivity contribution < 1.29 is 13.2 Å². The van der Waals surface area contributed by atoms with Gasteiger partial charge in [-0.2, -0.15) is 0 Å². The molecule has 0 radical (unpaired) electrons. The highest BCUT2D eigenvalue weighted by Crippen LogP contribution is 2.20. The molecule has 1 aliphatic heterocycles. The third-order valence-electron chi connectivity index (χ3n) is 4.75. The molecule has 1 fully saturated rings. The van der Waals surface area contributed by atoms with Crippen LogP contribution in [-0.2, 0) is 10.0 Å². The van der Waals surface area contributed by atoms with E-state index in [4.69, 9.17) is 0 Å². The van der Waals surface area contributed by atoms with Gasteiger partial charge >= 0.3 is 0 Å². The first-order valence-corrected chi connectivity index (χ1v) is 10.6. The van der Waals surface area contributed by atoms with Crippen molar-refractivity contribution in [1.29, 1.82) is 0 Å². The molecule has 0 aliphatic carbocycles. The molecular formula is C20H25N3O3S. The molecule has 1 amide bonds. The lowest BCUT2D eigenvalue weighted by Crippen LogP contribution is -2.27. The Hall–Kier alpha value is -2.38. The Morgan fingerprint density at radius 3 is 2.59 bits per heavy atom. The maximum atomic E-state index is 12.6. The third-order valence-corrected chi connectivity index (χ3v) is 6.13. The standard InChI is InChI=1S/C20H25N3O3S/c1-15-6-8-17(9-7-15)27(25,26)23-19-5-3-2-4-18(19)20(24)22-13-11-16-10-12-21-14-16/h2-9,16,21,23H,10-14H2,1H3,(H,22,24). The van der Waals surface area contributed by atoms with E-state index in [1.54, 1.807) is 48.5 Å². The van der Waals surface area contributed by atoms with E-state index in [2.05, 4.69) is 15.4 Å². The van der Waals surface area contributed by atoms with Crippen LogP contribution in [0.5, 0.6) is 0 Å². The molecule has 0 saturated carbocycles. The highest BCUT2D eigenvalue weighted by atomic mass is 32.2. The number of carbonyl (C=O) groups is 1. The minimum absolute atomic E-state index is 0.164. The van der Waals surface area contributed by atoms with Crippen LogP contribution in [0.1, 0.15) is 28.8 Å². The van der Waals surface area contributed by atoms with E-state index in [9.17, 15) is 13.2 Å². The van der Waals surface area contributed by atoms with Gasteiger partial charge in [-0.05, 0) is 63.0 Å². The van der Waals surface area contributed by atoms with Gasteiger partial charge in [0, 0.05) is 6.54 Å². The van der Waals surface area contributed by atoms with Gasteiger partial charge < -0.3 is 10.6 Å². The number of amides is 1. The molecule has 7 heteroatoms. The molecule has 6 nitrogen and oxygen atoms in total. The normalized spacial score (nSPS) is 16.9. The summed E-state index contributed by atoms with van der Waals surface area (Å²) in [6.45, 7) is 4.49. The van der Waals surface area contributed by atoms with Crippen LogP contribution in [0.4, 0.5) is 5.69 Å². The van der Waals surface area contributed by atoms with Gasteiger partial charge in [-0.1, -0.05) is 29.8 Å². The van der Waals surface area contributed by atoms with Gasteiger partial charge in [0.05, 0.1) is 16.1 Å². The van der Waals surface area contributed by atoms with E-state index >= 15 is 0 Å². The predicted octanol–water partition coefficient (Wildman–Crippen LogP) is 2.53. The van der Waals surface area contributed by atoms with Crippen LogP contribution in [0.2, 0.25) is 0 Å². The van der Waals surface area contributed by atoms with Crippen molar-refractivity contribution in [3.63, 3.8) is 0 Å². The van der Waals surface area contributed by atoms with E-state index in [-0.39, 0.29) is 16.5 Å². The van der Waals surface area contributed by atoms with Crippen molar-refractivity contribution in [2.45, 2.75) is 24.7 Å². The van der Waals surface area contributed by atoms with Gasteiger partial charge in [-0.3, -0.25) is 9.52 Å². The van der Waals surface area contributed by atoms with E-state index < -0.39 is 10.0 Å². The Morgan fingerprint density at radius 2 is 1.89 bits per heavy atom. The van der Waals surface area contributed by atoms with E-state index in [0.29, 0.717) is 18.0 Å². The molecule has 0 spiro atoms. The molecule has 1 heterocycles. The summed E-state index contributed by atoms with van der Waals surface area (Å²) in [5.41, 5.74) is 1.57. The summed E-state index contributed by atoms with van der Waals surface area (Å²) in [6.07, 6.45) is 2.04. The first-order valence-electron chi connectivity index (χ1n) is 9.13. The van der Waals surface area contributed by atoms with Crippen molar-refractivity contribution in [1.82, 2.24) is 10.6 Å². The maximum Gasteiger partial charge on any atom is 0.261 e. The van der Waals surface area contributed by atoms with Gasteiger partial charge in [0.1, 0.15) is 0 Å². The summed E-state index contributed by atoms with van der Waals surface area (Å²) >= 11 is 0. The topological polar surface area (TPSA) is 87.3 Å². The molecule has 0 aromatic heterocycles. The van der Waals surface area contributed by atoms with E-state index in [0.717, 1.165) is 31.5 Å². The van der Waals surface area contributed by atoms with Crippen molar-refractivity contribution >= 4 is 21.6 Å². The summed E-state index contributed by atoms with van der Waals surface area (Å²) in [5, 5.41) is 6.20. The molecule has 27 heavy (non-hydrogen) atoms. The second-order valence-corrected chi connectivity index (χ2v) is 8.55. The Labute approximate surface area is 160 Å². The number of nitrogens with one attached hydrogen (secondary N) is 3. The SMILES string of the molecule is Cc1ccc(S(=O)(=O)Nc2ccccc2C(=O)NCCC2CCNC2)cc1. The van der Waals surface area contributed by atoms with Gasteiger partial charge in [0.2, 0.25) is 0 Å². The number of para-hydroxylation sites is 1. The summed E-state index contributed by atoms with van der Waals surface area (Å²) < 4.78 is 27.8. The molecule has 144 valence electrons. The molecule has 2 aromatic carbocycles. The van der Waals surface area contributed by atoms with Crippen molar-refractivity contribution in [3.05, 3.63) is 59.7 Å². The van der Waals surface area contributed by atoms with Crippen LogP contribution in [0.25, 0.3) is 0 Å². The summed E-state index contributed by atoms with van der Waals surface area (Å²) in [7, 11) is -3.76. The maximum absolute atomic E-state index is 12.6. The fourth-order valence-corrected chi connectivity index (χ4v) is 4.22. The van der Waals surface area contributed by atoms with Crippen molar-refractivity contribution in [2.75, 3.05) is 24.4 Å². The fraction of sp³-hybridized carbons (Fsp3) is 0.350. The zero-order valence-corrected chi connectivity index (χ0v) is 16.2. The van der Waals surface area contributed by atoms with E-state index in [1.165, 1.54) is 0 Å². The largest absolute Gasteiger partial charge is 0.352 e.